The molecule has 1 aromatic heterocycles. The molecule has 0 radical (unpaired) electrons. The number of hydrogen-bond donors (Lipinski definition) is 0. The van der Waals surface area contributed by atoms with Crippen LogP contribution in [0.3, 0.4) is 0 Å². The van der Waals surface area contributed by atoms with Gasteiger partial charge in [-0.05, 0) is 46.0 Å². The number of rotatable bonds is 7. The van der Waals surface area contributed by atoms with Gasteiger partial charge in [0.2, 0.25) is 0 Å². The van der Waals surface area contributed by atoms with Crippen molar-refractivity contribution in [1.82, 2.24) is 19.4 Å². The zero-order valence-corrected chi connectivity index (χ0v) is 15.9. The smallest absolute Gasteiger partial charge is 0.251 e. The topological polar surface area (TPSA) is 50.6 Å². The summed E-state index contributed by atoms with van der Waals surface area (Å²) in [6, 6.07) is 0.423. The first kappa shape index (κ1) is 18.4. The van der Waals surface area contributed by atoms with Crippen LogP contribution in [-0.2, 0) is 16.1 Å². The summed E-state index contributed by atoms with van der Waals surface area (Å²) in [5.74, 6) is 1.95. The van der Waals surface area contributed by atoms with Gasteiger partial charge >= 0.3 is 0 Å². The summed E-state index contributed by atoms with van der Waals surface area (Å²) in [6.07, 6.45) is 7.13. The Bertz CT molecular complexity index is 568. The number of hydrogen-bond acceptors (Lipinski definition) is 4. The minimum absolute atomic E-state index is 0.145. The van der Waals surface area contributed by atoms with E-state index in [0.29, 0.717) is 12.0 Å². The number of carbonyl (C=O) groups excluding carboxylic acids is 1. The molecule has 0 unspecified atom stereocenters. The fourth-order valence-electron chi connectivity index (χ4n) is 3.38. The van der Waals surface area contributed by atoms with Crippen LogP contribution in [-0.4, -0.2) is 64.1 Å². The van der Waals surface area contributed by atoms with E-state index in [0.717, 1.165) is 51.6 Å². The van der Waals surface area contributed by atoms with Gasteiger partial charge in [0, 0.05) is 44.6 Å². The van der Waals surface area contributed by atoms with Gasteiger partial charge in [0.05, 0.1) is 13.2 Å². The lowest BCUT2D eigenvalue weighted by molar-refractivity contribution is -0.142. The number of aromatic nitrogens is 2. The quantitative estimate of drug-likeness (QED) is 0.759. The maximum absolute atomic E-state index is 12.6. The summed E-state index contributed by atoms with van der Waals surface area (Å²) in [4.78, 5) is 21.5. The molecule has 1 saturated heterocycles. The second-order valence-electron chi connectivity index (χ2n) is 7.72. The highest BCUT2D eigenvalue weighted by Gasteiger charge is 2.27. The normalized spacial score (nSPS) is 20.7. The van der Waals surface area contributed by atoms with Crippen LogP contribution in [0.2, 0.25) is 0 Å². The van der Waals surface area contributed by atoms with Gasteiger partial charge in [-0.25, -0.2) is 4.98 Å². The van der Waals surface area contributed by atoms with Crippen molar-refractivity contribution < 1.29 is 9.53 Å². The molecule has 1 aliphatic carbocycles. The van der Waals surface area contributed by atoms with Crippen LogP contribution in [0.15, 0.2) is 12.4 Å². The molecule has 0 spiro atoms. The second-order valence-corrected chi connectivity index (χ2v) is 7.72. The fourth-order valence-corrected chi connectivity index (χ4v) is 3.38. The Labute approximate surface area is 151 Å². The van der Waals surface area contributed by atoms with Gasteiger partial charge in [-0.15, -0.1) is 0 Å². The molecule has 0 N–H and O–H groups in total. The van der Waals surface area contributed by atoms with Crippen LogP contribution in [0.5, 0.6) is 0 Å². The number of carbonyl (C=O) groups is 1. The Balaban J connectivity index is 1.49. The largest absolute Gasteiger partial charge is 0.368 e. The summed E-state index contributed by atoms with van der Waals surface area (Å²) >= 11 is 0. The average Bonchev–Trinajstić information content (AvgIpc) is 3.34. The predicted molar refractivity (Wildman–Crippen MR) is 97.2 cm³/mol. The SMILES string of the molecule is CC(C)n1ccnc1CN1CCCN(C(=O)[C@@H](C)OCC2CC2)CC1. The number of amides is 1. The first-order chi connectivity index (χ1) is 12.0. The molecular weight excluding hydrogens is 316 g/mol. The summed E-state index contributed by atoms with van der Waals surface area (Å²) in [6.45, 7) is 11.3. The van der Waals surface area contributed by atoms with E-state index in [-0.39, 0.29) is 12.0 Å². The summed E-state index contributed by atoms with van der Waals surface area (Å²) in [5.41, 5.74) is 0. The minimum atomic E-state index is -0.313. The molecular formula is C19H32N4O2. The van der Waals surface area contributed by atoms with Crippen molar-refractivity contribution in [3.8, 4) is 0 Å². The maximum atomic E-state index is 12.6. The van der Waals surface area contributed by atoms with Crippen molar-refractivity contribution in [2.24, 2.45) is 5.92 Å². The van der Waals surface area contributed by atoms with Gasteiger partial charge in [0.15, 0.2) is 0 Å². The van der Waals surface area contributed by atoms with Gasteiger partial charge in [-0.3, -0.25) is 9.69 Å². The Kier molecular flexibility index (Phi) is 6.12. The highest BCUT2D eigenvalue weighted by Crippen LogP contribution is 2.29. The summed E-state index contributed by atoms with van der Waals surface area (Å²) < 4.78 is 7.98. The van der Waals surface area contributed by atoms with Crippen molar-refractivity contribution in [3.05, 3.63) is 18.2 Å². The predicted octanol–water partition coefficient (Wildman–Crippen LogP) is 2.31. The van der Waals surface area contributed by atoms with E-state index in [1.807, 2.05) is 24.2 Å². The zero-order chi connectivity index (χ0) is 17.8. The standard InChI is InChI=1S/C19H32N4O2/c1-15(2)23-10-7-20-18(23)13-21-8-4-9-22(12-11-21)19(24)16(3)25-14-17-5-6-17/h7,10,15-17H,4-6,8-9,11-14H2,1-3H3/t16-/m1/s1. The first-order valence-corrected chi connectivity index (χ1v) is 9.69. The number of nitrogens with zero attached hydrogens (tertiary/aromatic N) is 4. The first-order valence-electron chi connectivity index (χ1n) is 9.69. The van der Waals surface area contributed by atoms with E-state index in [2.05, 4.69) is 28.3 Å². The summed E-state index contributed by atoms with van der Waals surface area (Å²) in [7, 11) is 0. The van der Waals surface area contributed by atoms with Crippen LogP contribution in [0.25, 0.3) is 0 Å². The lowest BCUT2D eigenvalue weighted by atomic mass is 10.3. The van der Waals surface area contributed by atoms with Crippen LogP contribution in [0.1, 0.15) is 51.9 Å². The van der Waals surface area contributed by atoms with Gasteiger partial charge < -0.3 is 14.2 Å². The molecule has 3 rings (SSSR count). The average molecular weight is 348 g/mol. The molecule has 6 heteroatoms. The van der Waals surface area contributed by atoms with E-state index < -0.39 is 0 Å². The van der Waals surface area contributed by atoms with Crippen molar-refractivity contribution in [2.75, 3.05) is 32.8 Å². The molecule has 140 valence electrons. The van der Waals surface area contributed by atoms with Gasteiger partial charge in [0.1, 0.15) is 11.9 Å². The Morgan fingerprint density at radius 1 is 1.24 bits per heavy atom. The number of imidazole rings is 1. The molecule has 0 aromatic carbocycles. The van der Waals surface area contributed by atoms with E-state index >= 15 is 0 Å². The van der Waals surface area contributed by atoms with E-state index in [1.54, 1.807) is 0 Å². The molecule has 1 aromatic rings. The molecule has 6 nitrogen and oxygen atoms in total. The molecule has 25 heavy (non-hydrogen) atoms. The highest BCUT2D eigenvalue weighted by atomic mass is 16.5. The van der Waals surface area contributed by atoms with Crippen molar-refractivity contribution in [3.63, 3.8) is 0 Å². The van der Waals surface area contributed by atoms with Gasteiger partial charge in [-0.1, -0.05) is 0 Å². The van der Waals surface area contributed by atoms with E-state index in [1.165, 1.54) is 12.8 Å². The molecule has 2 aliphatic rings. The van der Waals surface area contributed by atoms with Crippen LogP contribution >= 0.6 is 0 Å². The monoisotopic (exact) mass is 348 g/mol. The molecule has 1 amide bonds. The molecule has 2 fully saturated rings. The third kappa shape index (κ3) is 5.05. The van der Waals surface area contributed by atoms with Crippen molar-refractivity contribution >= 4 is 5.91 Å². The lowest BCUT2D eigenvalue weighted by Gasteiger charge is -2.25. The molecule has 1 atom stereocenters. The van der Waals surface area contributed by atoms with Crippen LogP contribution in [0.4, 0.5) is 0 Å². The van der Waals surface area contributed by atoms with Gasteiger partial charge in [-0.2, -0.15) is 0 Å². The zero-order valence-electron chi connectivity index (χ0n) is 15.9. The highest BCUT2D eigenvalue weighted by molar-refractivity contribution is 5.80. The molecule has 1 aliphatic heterocycles. The van der Waals surface area contributed by atoms with Crippen molar-refractivity contribution in [2.45, 2.75) is 58.7 Å². The molecule has 2 heterocycles. The molecule has 1 saturated carbocycles. The Morgan fingerprint density at radius 3 is 2.76 bits per heavy atom. The lowest BCUT2D eigenvalue weighted by Crippen LogP contribution is -2.41. The van der Waals surface area contributed by atoms with E-state index in [4.69, 9.17) is 4.74 Å². The summed E-state index contributed by atoms with van der Waals surface area (Å²) in [5, 5.41) is 0. The third-order valence-electron chi connectivity index (χ3n) is 5.20. The van der Waals surface area contributed by atoms with Gasteiger partial charge in [0.25, 0.3) is 5.91 Å². The Hall–Kier alpha value is -1.40. The van der Waals surface area contributed by atoms with Crippen LogP contribution in [0, 0.1) is 5.92 Å². The minimum Gasteiger partial charge on any atom is -0.368 e. The number of ether oxygens (including phenoxy) is 1. The fraction of sp³-hybridized carbons (Fsp3) is 0.789. The maximum Gasteiger partial charge on any atom is 0.251 e. The van der Waals surface area contributed by atoms with E-state index in [9.17, 15) is 4.79 Å². The van der Waals surface area contributed by atoms with Crippen LogP contribution < -0.4 is 0 Å². The van der Waals surface area contributed by atoms with Crippen molar-refractivity contribution in [1.29, 1.82) is 0 Å². The second kappa shape index (κ2) is 8.32. The third-order valence-corrected chi connectivity index (χ3v) is 5.20. The Morgan fingerprint density at radius 2 is 2.04 bits per heavy atom. The molecule has 0 bridgehead atoms.